The molecule has 0 atom stereocenters. The third-order valence-electron chi connectivity index (χ3n) is 6.94. The second-order valence-electron chi connectivity index (χ2n) is 12.8. The van der Waals surface area contributed by atoms with Gasteiger partial charge in [0, 0.05) is 11.1 Å². The van der Waals surface area contributed by atoms with Crippen molar-refractivity contribution in [2.75, 3.05) is 15.2 Å². The highest BCUT2D eigenvalue weighted by Gasteiger charge is 2.36. The molecule has 222 valence electrons. The molecule has 0 aromatic heterocycles. The van der Waals surface area contributed by atoms with Gasteiger partial charge in [0.2, 0.25) is 20.0 Å². The number of phenols is 1. The van der Waals surface area contributed by atoms with Crippen molar-refractivity contribution < 1.29 is 21.9 Å². The Kier molecular flexibility index (Phi) is 13.6. The molecule has 0 fully saturated rings. The summed E-state index contributed by atoms with van der Waals surface area (Å²) in [5, 5.41) is 11.1. The topological polar surface area (TPSA) is 91.8 Å². The number of aromatic hydroxyl groups is 1. The number of unbranched alkanes of at least 4 members (excludes halogenated alkanes) is 10. The summed E-state index contributed by atoms with van der Waals surface area (Å²) in [7, 11) is -8.30. The van der Waals surface area contributed by atoms with E-state index in [-0.39, 0.29) is 22.9 Å². The molecule has 0 saturated heterocycles. The molecular weight excluding hydrogens is 518 g/mol. The van der Waals surface area contributed by atoms with Crippen LogP contribution in [-0.2, 0) is 30.9 Å². The van der Waals surface area contributed by atoms with Crippen molar-refractivity contribution in [3.63, 3.8) is 0 Å². The molecule has 0 radical (unpaired) electrons. The summed E-state index contributed by atoms with van der Waals surface area (Å²) in [5.41, 5.74) is 0.147. The average molecular weight is 574 g/mol. The summed E-state index contributed by atoms with van der Waals surface area (Å²) >= 11 is 0. The van der Waals surface area contributed by atoms with Crippen LogP contribution in [0.1, 0.15) is 144 Å². The van der Waals surface area contributed by atoms with E-state index < -0.39 is 30.9 Å². The minimum atomic E-state index is -4.15. The number of benzene rings is 1. The zero-order valence-corrected chi connectivity index (χ0v) is 27.0. The van der Waals surface area contributed by atoms with Gasteiger partial charge in [0.1, 0.15) is 5.75 Å². The molecule has 0 heterocycles. The molecule has 1 rings (SSSR count). The standard InChI is InChI=1S/C30H55NO5S2/c1-9-11-13-15-17-19-21-37(33,34)31(38(35,36)22-20-18-16-14-12-10-2)25-23-26(29(3,4)5)28(32)27(24-25)30(6,7)8/h23-24,32H,9-22H2,1-8H3. The molecule has 1 N–H and O–H groups in total. The first-order valence-electron chi connectivity index (χ1n) is 14.6. The Morgan fingerprint density at radius 1 is 0.605 bits per heavy atom. The minimum Gasteiger partial charge on any atom is -0.507 e. The average Bonchev–Trinajstić information content (AvgIpc) is 2.77. The van der Waals surface area contributed by atoms with E-state index in [9.17, 15) is 21.9 Å². The highest BCUT2D eigenvalue weighted by Crippen LogP contribution is 2.43. The van der Waals surface area contributed by atoms with Gasteiger partial charge in [0.25, 0.3) is 0 Å². The van der Waals surface area contributed by atoms with Gasteiger partial charge in [0.15, 0.2) is 0 Å². The molecule has 0 unspecified atom stereocenters. The molecule has 0 spiro atoms. The van der Waals surface area contributed by atoms with Crippen LogP contribution in [0.4, 0.5) is 5.69 Å². The van der Waals surface area contributed by atoms with Crippen molar-refractivity contribution in [3.8, 4) is 5.75 Å². The van der Waals surface area contributed by atoms with Crippen molar-refractivity contribution in [3.05, 3.63) is 23.3 Å². The Balaban J connectivity index is 3.51. The van der Waals surface area contributed by atoms with E-state index in [1.807, 2.05) is 41.5 Å². The van der Waals surface area contributed by atoms with Crippen LogP contribution in [0, 0.1) is 0 Å². The molecule has 0 aliphatic carbocycles. The molecule has 0 aliphatic heterocycles. The molecule has 1 aromatic rings. The van der Waals surface area contributed by atoms with Gasteiger partial charge in [-0.3, -0.25) is 0 Å². The van der Waals surface area contributed by atoms with Crippen molar-refractivity contribution >= 4 is 25.7 Å². The number of phenolic OH excluding ortho intramolecular Hbond substituents is 1. The van der Waals surface area contributed by atoms with E-state index in [0.717, 1.165) is 64.2 Å². The molecular formula is C30H55NO5S2. The number of rotatable bonds is 17. The SMILES string of the molecule is CCCCCCCCS(=O)(=O)N(c1cc(C(C)(C)C)c(O)c(C(C)(C)C)c1)S(=O)(=O)CCCCCCCC. The first-order valence-corrected chi connectivity index (χ1v) is 17.8. The van der Waals surface area contributed by atoms with Crippen LogP contribution >= 0.6 is 0 Å². The monoisotopic (exact) mass is 573 g/mol. The predicted molar refractivity (Wildman–Crippen MR) is 162 cm³/mol. The summed E-state index contributed by atoms with van der Waals surface area (Å²) < 4.78 is 55.6. The van der Waals surface area contributed by atoms with Crippen LogP contribution < -0.4 is 3.71 Å². The van der Waals surface area contributed by atoms with Crippen molar-refractivity contribution in [2.24, 2.45) is 0 Å². The molecule has 8 heteroatoms. The molecule has 0 bridgehead atoms. The van der Waals surface area contributed by atoms with E-state index >= 15 is 0 Å². The van der Waals surface area contributed by atoms with Crippen LogP contribution in [0.2, 0.25) is 0 Å². The summed E-state index contributed by atoms with van der Waals surface area (Å²) in [5.74, 6) is -0.341. The van der Waals surface area contributed by atoms with Gasteiger partial charge in [-0.2, -0.15) is 3.71 Å². The fourth-order valence-corrected chi connectivity index (χ4v) is 8.81. The molecule has 1 aromatic carbocycles. The highest BCUT2D eigenvalue weighted by atomic mass is 32.3. The maximum Gasteiger partial charge on any atom is 0.248 e. The summed E-state index contributed by atoms with van der Waals surface area (Å²) in [6, 6.07) is 3.12. The number of sulfonamides is 2. The largest absolute Gasteiger partial charge is 0.507 e. The predicted octanol–water partition coefficient (Wildman–Crippen LogP) is 8.17. The van der Waals surface area contributed by atoms with Crippen LogP contribution in [0.3, 0.4) is 0 Å². The van der Waals surface area contributed by atoms with Crippen LogP contribution in [0.25, 0.3) is 0 Å². The van der Waals surface area contributed by atoms with Crippen molar-refractivity contribution in [2.45, 2.75) is 143 Å². The Bertz CT molecular complexity index is 984. The van der Waals surface area contributed by atoms with Gasteiger partial charge in [0.05, 0.1) is 17.2 Å². The van der Waals surface area contributed by atoms with Crippen LogP contribution in [-0.4, -0.2) is 33.4 Å². The Hall–Kier alpha value is -1.28. The van der Waals surface area contributed by atoms with Gasteiger partial charge in [-0.25, -0.2) is 16.8 Å². The van der Waals surface area contributed by atoms with E-state index in [2.05, 4.69) is 13.8 Å². The normalized spacial score (nSPS) is 13.2. The van der Waals surface area contributed by atoms with Gasteiger partial charge in [-0.05, 0) is 35.8 Å². The van der Waals surface area contributed by atoms with E-state index in [1.54, 1.807) is 12.1 Å². The quantitative estimate of drug-likeness (QED) is 0.190. The lowest BCUT2D eigenvalue weighted by molar-refractivity contribution is 0.423. The Labute approximate surface area is 234 Å². The number of hydrogen-bond acceptors (Lipinski definition) is 5. The van der Waals surface area contributed by atoms with Gasteiger partial charge < -0.3 is 5.11 Å². The Morgan fingerprint density at radius 2 is 0.921 bits per heavy atom. The van der Waals surface area contributed by atoms with Gasteiger partial charge in [-0.1, -0.05) is 120 Å². The molecule has 6 nitrogen and oxygen atoms in total. The summed E-state index contributed by atoms with van der Waals surface area (Å²) in [6.07, 6.45) is 10.8. The van der Waals surface area contributed by atoms with Gasteiger partial charge >= 0.3 is 0 Å². The fourth-order valence-electron chi connectivity index (χ4n) is 4.66. The third kappa shape index (κ3) is 10.7. The van der Waals surface area contributed by atoms with Crippen molar-refractivity contribution in [1.29, 1.82) is 0 Å². The molecule has 0 amide bonds. The maximum absolute atomic E-state index is 13.7. The smallest absolute Gasteiger partial charge is 0.248 e. The summed E-state index contributed by atoms with van der Waals surface area (Å²) in [4.78, 5) is 0. The van der Waals surface area contributed by atoms with E-state index in [1.165, 1.54) is 0 Å². The molecule has 38 heavy (non-hydrogen) atoms. The first kappa shape index (κ1) is 34.7. The zero-order chi connectivity index (χ0) is 29.2. The lowest BCUT2D eigenvalue weighted by Crippen LogP contribution is -2.40. The Morgan fingerprint density at radius 3 is 1.24 bits per heavy atom. The molecule has 0 saturated carbocycles. The maximum atomic E-state index is 13.7. The fraction of sp³-hybridized carbons (Fsp3) is 0.800. The van der Waals surface area contributed by atoms with Crippen LogP contribution in [0.15, 0.2) is 12.1 Å². The second kappa shape index (κ2) is 14.9. The first-order chi connectivity index (χ1) is 17.5. The summed E-state index contributed by atoms with van der Waals surface area (Å²) in [6.45, 7) is 15.8. The molecule has 0 aliphatic rings. The zero-order valence-electron chi connectivity index (χ0n) is 25.4. The van der Waals surface area contributed by atoms with Gasteiger partial charge in [-0.15, -0.1) is 0 Å². The number of anilines is 1. The lowest BCUT2D eigenvalue weighted by atomic mass is 9.79. The van der Waals surface area contributed by atoms with Crippen molar-refractivity contribution in [1.82, 2.24) is 0 Å². The minimum absolute atomic E-state index is 0.0929. The number of nitrogens with zero attached hydrogens (tertiary/aromatic N) is 1. The highest BCUT2D eigenvalue weighted by molar-refractivity contribution is 8.10. The van der Waals surface area contributed by atoms with Crippen LogP contribution in [0.5, 0.6) is 5.75 Å². The number of hydrogen-bond donors (Lipinski definition) is 1. The van der Waals surface area contributed by atoms with E-state index in [4.69, 9.17) is 0 Å². The second-order valence-corrected chi connectivity index (χ2v) is 16.9. The van der Waals surface area contributed by atoms with E-state index in [0.29, 0.717) is 27.7 Å². The third-order valence-corrected chi connectivity index (χ3v) is 11.3. The lowest BCUT2D eigenvalue weighted by Gasteiger charge is -2.31.